The van der Waals surface area contributed by atoms with Crippen molar-refractivity contribution in [3.05, 3.63) is 58.9 Å². The summed E-state index contributed by atoms with van der Waals surface area (Å²) in [5.74, 6) is -1.28. The van der Waals surface area contributed by atoms with E-state index in [1.54, 1.807) is 12.1 Å². The third-order valence-corrected chi connectivity index (χ3v) is 4.59. The summed E-state index contributed by atoms with van der Waals surface area (Å²) in [4.78, 5) is 12.4. The number of para-hydroxylation sites is 1. The molecule has 122 valence electrons. The molecule has 0 unspecified atom stereocenters. The Morgan fingerprint density at radius 3 is 2.52 bits per heavy atom. The summed E-state index contributed by atoms with van der Waals surface area (Å²) >= 11 is 5.78. The zero-order valence-electron chi connectivity index (χ0n) is 12.4. The van der Waals surface area contributed by atoms with E-state index in [1.165, 1.54) is 31.3 Å². The standard InChI is InChI=1S/C15H14ClFN2O3S/c1-19(23(2,21)22)14-6-4-3-5-11(14)15(20)18-13-9-10(16)7-8-12(13)17/h3-9H,1-2H3,(H,18,20). The second kappa shape index (κ2) is 6.55. The highest BCUT2D eigenvalue weighted by atomic mass is 35.5. The fourth-order valence-corrected chi connectivity index (χ4v) is 2.59. The van der Waals surface area contributed by atoms with Crippen molar-refractivity contribution in [2.75, 3.05) is 22.9 Å². The molecule has 2 aromatic carbocycles. The van der Waals surface area contributed by atoms with E-state index in [0.29, 0.717) is 0 Å². The lowest BCUT2D eigenvalue weighted by atomic mass is 10.1. The Hall–Kier alpha value is -2.12. The van der Waals surface area contributed by atoms with Gasteiger partial charge >= 0.3 is 0 Å². The number of nitrogens with zero attached hydrogens (tertiary/aromatic N) is 1. The van der Waals surface area contributed by atoms with Crippen LogP contribution in [0.1, 0.15) is 10.4 Å². The Kier molecular flexibility index (Phi) is 4.91. The van der Waals surface area contributed by atoms with Crippen LogP contribution in [0.3, 0.4) is 0 Å². The van der Waals surface area contributed by atoms with E-state index in [-0.39, 0.29) is 22.0 Å². The summed E-state index contributed by atoms with van der Waals surface area (Å²) in [5, 5.41) is 2.66. The minimum absolute atomic E-state index is 0.0840. The Bertz CT molecular complexity index is 856. The molecule has 0 radical (unpaired) electrons. The number of hydrogen-bond donors (Lipinski definition) is 1. The molecule has 2 rings (SSSR count). The first-order valence-electron chi connectivity index (χ1n) is 6.49. The molecule has 0 aromatic heterocycles. The van der Waals surface area contributed by atoms with E-state index >= 15 is 0 Å². The Morgan fingerprint density at radius 2 is 1.87 bits per heavy atom. The van der Waals surface area contributed by atoms with Gasteiger partial charge in [0.25, 0.3) is 5.91 Å². The number of carbonyl (C=O) groups is 1. The van der Waals surface area contributed by atoms with Gasteiger partial charge in [-0.05, 0) is 30.3 Å². The second-order valence-electron chi connectivity index (χ2n) is 4.83. The first-order chi connectivity index (χ1) is 10.7. The monoisotopic (exact) mass is 356 g/mol. The van der Waals surface area contributed by atoms with Gasteiger partial charge in [0.05, 0.1) is 23.2 Å². The lowest BCUT2D eigenvalue weighted by Gasteiger charge is -2.19. The SMILES string of the molecule is CN(c1ccccc1C(=O)Nc1cc(Cl)ccc1F)S(C)(=O)=O. The summed E-state index contributed by atoms with van der Waals surface area (Å²) in [6.45, 7) is 0. The Labute approximate surface area is 138 Å². The average molecular weight is 357 g/mol. The summed E-state index contributed by atoms with van der Waals surface area (Å²) in [5.41, 5.74) is 0.203. The number of amides is 1. The van der Waals surface area contributed by atoms with Crippen molar-refractivity contribution >= 4 is 38.9 Å². The third kappa shape index (κ3) is 4.00. The smallest absolute Gasteiger partial charge is 0.257 e. The third-order valence-electron chi connectivity index (χ3n) is 3.16. The van der Waals surface area contributed by atoms with Gasteiger partial charge in [0, 0.05) is 12.1 Å². The van der Waals surface area contributed by atoms with Crippen molar-refractivity contribution in [2.45, 2.75) is 0 Å². The lowest BCUT2D eigenvalue weighted by Crippen LogP contribution is -2.27. The molecule has 0 aliphatic carbocycles. The highest BCUT2D eigenvalue weighted by Crippen LogP contribution is 2.24. The van der Waals surface area contributed by atoms with Gasteiger partial charge in [-0.3, -0.25) is 9.10 Å². The van der Waals surface area contributed by atoms with Crippen LogP contribution in [0.2, 0.25) is 5.02 Å². The first kappa shape index (κ1) is 17.2. The van der Waals surface area contributed by atoms with Gasteiger partial charge in [0.15, 0.2) is 0 Å². The molecule has 0 fully saturated rings. The maximum atomic E-state index is 13.7. The zero-order chi connectivity index (χ0) is 17.2. The normalized spacial score (nSPS) is 11.1. The van der Waals surface area contributed by atoms with E-state index in [0.717, 1.165) is 16.6 Å². The number of sulfonamides is 1. The number of hydrogen-bond acceptors (Lipinski definition) is 3. The van der Waals surface area contributed by atoms with Crippen molar-refractivity contribution in [3.63, 3.8) is 0 Å². The fraction of sp³-hybridized carbons (Fsp3) is 0.133. The quantitative estimate of drug-likeness (QED) is 0.915. The highest BCUT2D eigenvalue weighted by molar-refractivity contribution is 7.92. The van der Waals surface area contributed by atoms with Gasteiger partial charge < -0.3 is 5.32 Å². The van der Waals surface area contributed by atoms with E-state index in [1.807, 2.05) is 0 Å². The molecule has 0 saturated heterocycles. The minimum Gasteiger partial charge on any atom is -0.319 e. The molecule has 0 heterocycles. The summed E-state index contributed by atoms with van der Waals surface area (Å²) in [7, 11) is -2.21. The summed E-state index contributed by atoms with van der Waals surface area (Å²) < 4.78 is 38.1. The molecule has 23 heavy (non-hydrogen) atoms. The molecular formula is C15H14ClFN2O3S. The molecule has 2 aromatic rings. The molecule has 8 heteroatoms. The van der Waals surface area contributed by atoms with Crippen LogP contribution in [0.15, 0.2) is 42.5 Å². The molecule has 1 amide bonds. The van der Waals surface area contributed by atoms with Gasteiger partial charge in [-0.15, -0.1) is 0 Å². The second-order valence-corrected chi connectivity index (χ2v) is 7.28. The van der Waals surface area contributed by atoms with Crippen molar-refractivity contribution in [3.8, 4) is 0 Å². The molecule has 1 N–H and O–H groups in total. The molecule has 5 nitrogen and oxygen atoms in total. The summed E-state index contributed by atoms with van der Waals surface area (Å²) in [6, 6.07) is 9.90. The van der Waals surface area contributed by atoms with Crippen LogP contribution >= 0.6 is 11.6 Å². The lowest BCUT2D eigenvalue weighted by molar-refractivity contribution is 0.102. The zero-order valence-corrected chi connectivity index (χ0v) is 14.0. The van der Waals surface area contributed by atoms with Crippen molar-refractivity contribution < 1.29 is 17.6 Å². The van der Waals surface area contributed by atoms with E-state index in [2.05, 4.69) is 5.32 Å². The van der Waals surface area contributed by atoms with Gasteiger partial charge in [-0.1, -0.05) is 23.7 Å². The van der Waals surface area contributed by atoms with Crippen LogP contribution in [-0.2, 0) is 10.0 Å². The fourth-order valence-electron chi connectivity index (χ4n) is 1.90. The van der Waals surface area contributed by atoms with Crippen LogP contribution in [0.25, 0.3) is 0 Å². The Morgan fingerprint density at radius 1 is 1.22 bits per heavy atom. The number of benzene rings is 2. The van der Waals surface area contributed by atoms with Gasteiger partial charge in [-0.2, -0.15) is 0 Å². The highest BCUT2D eigenvalue weighted by Gasteiger charge is 2.20. The average Bonchev–Trinajstić information content (AvgIpc) is 2.49. The van der Waals surface area contributed by atoms with Crippen molar-refractivity contribution in [1.29, 1.82) is 0 Å². The van der Waals surface area contributed by atoms with Crippen LogP contribution in [0.4, 0.5) is 15.8 Å². The van der Waals surface area contributed by atoms with Crippen LogP contribution < -0.4 is 9.62 Å². The number of nitrogens with one attached hydrogen (secondary N) is 1. The Balaban J connectivity index is 2.39. The van der Waals surface area contributed by atoms with Crippen LogP contribution in [0.5, 0.6) is 0 Å². The molecule has 0 atom stereocenters. The number of halogens is 2. The molecule has 0 saturated carbocycles. The topological polar surface area (TPSA) is 66.5 Å². The molecule has 0 aliphatic heterocycles. The van der Waals surface area contributed by atoms with Gasteiger partial charge in [0.2, 0.25) is 10.0 Å². The van der Waals surface area contributed by atoms with E-state index in [4.69, 9.17) is 11.6 Å². The maximum Gasteiger partial charge on any atom is 0.257 e. The molecule has 0 aliphatic rings. The minimum atomic E-state index is -3.54. The largest absolute Gasteiger partial charge is 0.319 e. The van der Waals surface area contributed by atoms with Crippen LogP contribution in [-0.4, -0.2) is 27.6 Å². The van der Waals surface area contributed by atoms with Crippen LogP contribution in [0, 0.1) is 5.82 Å². The number of anilines is 2. The predicted octanol–water partition coefficient (Wildman–Crippen LogP) is 3.13. The van der Waals surface area contributed by atoms with Gasteiger partial charge in [-0.25, -0.2) is 12.8 Å². The predicted molar refractivity (Wildman–Crippen MR) is 89.1 cm³/mol. The van der Waals surface area contributed by atoms with Crippen molar-refractivity contribution in [2.24, 2.45) is 0 Å². The molecule has 0 bridgehead atoms. The van der Waals surface area contributed by atoms with Crippen molar-refractivity contribution in [1.82, 2.24) is 0 Å². The van der Waals surface area contributed by atoms with Gasteiger partial charge in [0.1, 0.15) is 5.82 Å². The molecular weight excluding hydrogens is 343 g/mol. The maximum absolute atomic E-state index is 13.7. The summed E-state index contributed by atoms with van der Waals surface area (Å²) in [6.07, 6.45) is 1.03. The van der Waals surface area contributed by atoms with E-state index in [9.17, 15) is 17.6 Å². The van der Waals surface area contributed by atoms with E-state index < -0.39 is 21.7 Å². The molecule has 0 spiro atoms. The first-order valence-corrected chi connectivity index (χ1v) is 8.72. The number of carbonyl (C=O) groups excluding carboxylic acids is 1. The number of rotatable bonds is 4.